The fourth-order valence-corrected chi connectivity index (χ4v) is 1.86. The number of nitro benzene ring substituents is 1. The molecule has 0 saturated heterocycles. The van der Waals surface area contributed by atoms with E-state index in [1.54, 1.807) is 18.4 Å². The molecule has 0 aliphatic carbocycles. The predicted molar refractivity (Wildman–Crippen MR) is 69.5 cm³/mol. The molecule has 19 heavy (non-hydrogen) atoms. The Hall–Kier alpha value is -2.55. The van der Waals surface area contributed by atoms with Crippen LogP contribution in [-0.4, -0.2) is 17.6 Å². The van der Waals surface area contributed by atoms with Crippen LogP contribution in [0.5, 0.6) is 0 Å². The number of nitrogens with zero attached hydrogens (tertiary/aromatic N) is 2. The number of rotatable bonds is 4. The van der Waals surface area contributed by atoms with Crippen molar-refractivity contribution in [1.82, 2.24) is 0 Å². The number of nitrogens with one attached hydrogen (secondary N) is 1. The molecule has 6 heteroatoms. The summed E-state index contributed by atoms with van der Waals surface area (Å²) in [6.45, 7) is 0.497. The first-order chi connectivity index (χ1) is 9.20. The van der Waals surface area contributed by atoms with Gasteiger partial charge in [0.25, 0.3) is 5.69 Å². The van der Waals surface area contributed by atoms with Crippen LogP contribution < -0.4 is 5.32 Å². The van der Waals surface area contributed by atoms with E-state index in [1.807, 2.05) is 12.1 Å². The monoisotopic (exact) mass is 259 g/mol. The molecular formula is C13H13N3O3. The van der Waals surface area contributed by atoms with Crippen LogP contribution in [0.4, 0.5) is 11.4 Å². The third kappa shape index (κ3) is 3.22. The summed E-state index contributed by atoms with van der Waals surface area (Å²) in [6.07, 6.45) is 5.44. The summed E-state index contributed by atoms with van der Waals surface area (Å²) in [4.78, 5) is 10.5. The van der Waals surface area contributed by atoms with Gasteiger partial charge in [-0.05, 0) is 31.1 Å². The van der Waals surface area contributed by atoms with Crippen molar-refractivity contribution in [3.8, 4) is 6.07 Å². The van der Waals surface area contributed by atoms with Crippen LogP contribution in [0, 0.1) is 21.4 Å². The first-order valence-corrected chi connectivity index (χ1v) is 5.93. The fraction of sp³-hybridized carbons (Fsp3) is 0.308. The standard InChI is InChI=1S/C13H13N3O3/c14-8-10-4-5-12(13(7-10)16(17)18)15-9-11-3-1-2-6-19-11/h2,4-7,11,15H,1,3,9H2/t11-/m0/s1. The normalized spacial score (nSPS) is 17.3. The maximum absolute atomic E-state index is 11.0. The van der Waals surface area contributed by atoms with E-state index in [2.05, 4.69) is 5.32 Å². The third-order valence-corrected chi connectivity index (χ3v) is 2.87. The van der Waals surface area contributed by atoms with Crippen LogP contribution in [0.15, 0.2) is 30.5 Å². The van der Waals surface area contributed by atoms with Gasteiger partial charge in [-0.15, -0.1) is 0 Å². The van der Waals surface area contributed by atoms with Crippen molar-refractivity contribution < 1.29 is 9.66 Å². The highest BCUT2D eigenvalue weighted by atomic mass is 16.6. The van der Waals surface area contributed by atoms with E-state index in [-0.39, 0.29) is 17.4 Å². The van der Waals surface area contributed by atoms with Crippen LogP contribution in [-0.2, 0) is 4.74 Å². The van der Waals surface area contributed by atoms with Crippen LogP contribution >= 0.6 is 0 Å². The highest BCUT2D eigenvalue weighted by Crippen LogP contribution is 2.25. The molecule has 0 radical (unpaired) electrons. The average molecular weight is 259 g/mol. The van der Waals surface area contributed by atoms with Gasteiger partial charge < -0.3 is 10.1 Å². The van der Waals surface area contributed by atoms with E-state index in [1.165, 1.54) is 6.07 Å². The Morgan fingerprint density at radius 1 is 1.58 bits per heavy atom. The van der Waals surface area contributed by atoms with Crippen molar-refractivity contribution >= 4 is 11.4 Å². The number of hydrogen-bond acceptors (Lipinski definition) is 5. The Bertz CT molecular complexity index is 549. The molecule has 0 saturated carbocycles. The molecule has 1 aliphatic heterocycles. The van der Waals surface area contributed by atoms with Gasteiger partial charge in [0.2, 0.25) is 0 Å². The van der Waals surface area contributed by atoms with Crippen molar-refractivity contribution in [1.29, 1.82) is 5.26 Å². The Morgan fingerprint density at radius 2 is 2.42 bits per heavy atom. The molecule has 0 aromatic heterocycles. The Morgan fingerprint density at radius 3 is 3.05 bits per heavy atom. The minimum Gasteiger partial charge on any atom is -0.497 e. The SMILES string of the molecule is N#Cc1ccc(NC[C@@H]2CCC=CO2)c([N+](=O)[O-])c1. The number of allylic oxidation sites excluding steroid dienone is 1. The molecule has 1 aliphatic rings. The Kier molecular flexibility index (Phi) is 3.98. The number of nitro groups is 1. The molecule has 1 N–H and O–H groups in total. The molecule has 0 spiro atoms. The summed E-state index contributed by atoms with van der Waals surface area (Å²) in [7, 11) is 0. The third-order valence-electron chi connectivity index (χ3n) is 2.87. The zero-order valence-electron chi connectivity index (χ0n) is 10.2. The molecule has 0 bridgehead atoms. The number of benzene rings is 1. The molecule has 98 valence electrons. The lowest BCUT2D eigenvalue weighted by Gasteiger charge is -2.20. The second-order valence-electron chi connectivity index (χ2n) is 4.19. The minimum absolute atomic E-state index is 0.0141. The summed E-state index contributed by atoms with van der Waals surface area (Å²) in [5, 5.41) is 22.7. The van der Waals surface area contributed by atoms with E-state index < -0.39 is 4.92 Å². The number of ether oxygens (including phenoxy) is 1. The van der Waals surface area contributed by atoms with Gasteiger partial charge in [-0.2, -0.15) is 5.26 Å². The van der Waals surface area contributed by atoms with E-state index in [0.717, 1.165) is 12.8 Å². The summed E-state index contributed by atoms with van der Waals surface area (Å²) >= 11 is 0. The highest BCUT2D eigenvalue weighted by Gasteiger charge is 2.17. The van der Waals surface area contributed by atoms with Crippen molar-refractivity contribution in [3.05, 3.63) is 46.2 Å². The van der Waals surface area contributed by atoms with Crippen LogP contribution in [0.3, 0.4) is 0 Å². The average Bonchev–Trinajstić information content (AvgIpc) is 2.46. The van der Waals surface area contributed by atoms with Crippen molar-refractivity contribution in [2.45, 2.75) is 18.9 Å². The van der Waals surface area contributed by atoms with Gasteiger partial charge >= 0.3 is 0 Å². The van der Waals surface area contributed by atoms with Gasteiger partial charge in [0.15, 0.2) is 0 Å². The van der Waals surface area contributed by atoms with Crippen molar-refractivity contribution in [3.63, 3.8) is 0 Å². The second-order valence-corrected chi connectivity index (χ2v) is 4.19. The first-order valence-electron chi connectivity index (χ1n) is 5.93. The molecule has 1 atom stereocenters. The summed E-state index contributed by atoms with van der Waals surface area (Å²) in [5.41, 5.74) is 0.585. The highest BCUT2D eigenvalue weighted by molar-refractivity contribution is 5.64. The molecule has 0 amide bonds. The Balaban J connectivity index is 2.09. The van der Waals surface area contributed by atoms with Gasteiger partial charge in [-0.3, -0.25) is 10.1 Å². The molecule has 1 aromatic carbocycles. The lowest BCUT2D eigenvalue weighted by Crippen LogP contribution is -2.23. The van der Waals surface area contributed by atoms with Gasteiger partial charge in [-0.25, -0.2) is 0 Å². The van der Waals surface area contributed by atoms with Gasteiger partial charge in [0.1, 0.15) is 11.8 Å². The number of anilines is 1. The van der Waals surface area contributed by atoms with E-state index in [0.29, 0.717) is 12.2 Å². The lowest BCUT2D eigenvalue weighted by molar-refractivity contribution is -0.384. The van der Waals surface area contributed by atoms with Gasteiger partial charge in [0, 0.05) is 6.07 Å². The zero-order chi connectivity index (χ0) is 13.7. The van der Waals surface area contributed by atoms with E-state index in [4.69, 9.17) is 10.00 Å². The maximum Gasteiger partial charge on any atom is 0.293 e. The molecule has 0 fully saturated rings. The summed E-state index contributed by atoms with van der Waals surface area (Å²) < 4.78 is 5.38. The molecule has 1 aromatic rings. The van der Waals surface area contributed by atoms with Gasteiger partial charge in [0.05, 0.1) is 29.4 Å². The zero-order valence-corrected chi connectivity index (χ0v) is 10.2. The van der Waals surface area contributed by atoms with Gasteiger partial charge in [-0.1, -0.05) is 0 Å². The van der Waals surface area contributed by atoms with Crippen LogP contribution in [0.25, 0.3) is 0 Å². The molecule has 6 nitrogen and oxygen atoms in total. The molecule has 2 rings (SSSR count). The topological polar surface area (TPSA) is 88.2 Å². The smallest absolute Gasteiger partial charge is 0.293 e. The van der Waals surface area contributed by atoms with Crippen molar-refractivity contribution in [2.75, 3.05) is 11.9 Å². The number of nitriles is 1. The molecule has 0 unspecified atom stereocenters. The van der Waals surface area contributed by atoms with Crippen molar-refractivity contribution in [2.24, 2.45) is 0 Å². The fourth-order valence-electron chi connectivity index (χ4n) is 1.86. The second kappa shape index (κ2) is 5.87. The predicted octanol–water partition coefficient (Wildman–Crippen LogP) is 2.57. The Labute approximate surface area is 110 Å². The lowest BCUT2D eigenvalue weighted by atomic mass is 10.1. The molecule has 1 heterocycles. The first kappa shape index (κ1) is 12.9. The van der Waals surface area contributed by atoms with E-state index in [9.17, 15) is 10.1 Å². The van der Waals surface area contributed by atoms with E-state index >= 15 is 0 Å². The molecular weight excluding hydrogens is 246 g/mol. The number of hydrogen-bond donors (Lipinski definition) is 1. The van der Waals surface area contributed by atoms with Crippen LogP contribution in [0.2, 0.25) is 0 Å². The summed E-state index contributed by atoms with van der Waals surface area (Å²) in [6, 6.07) is 6.26. The maximum atomic E-state index is 11.0. The quantitative estimate of drug-likeness (QED) is 0.663. The summed E-state index contributed by atoms with van der Waals surface area (Å²) in [5.74, 6) is 0. The van der Waals surface area contributed by atoms with Crippen LogP contribution in [0.1, 0.15) is 18.4 Å². The minimum atomic E-state index is -0.495. The largest absolute Gasteiger partial charge is 0.497 e.